The second-order valence-corrected chi connectivity index (χ2v) is 11.8. The standard InChI is InChI=1S/C30H40N2O2S/c1-8-23-17-24-11-12-26(21(4)29(33)31-13-14-34-19-30(31,6)7)32(22(5)28-10-9-15-35-28)27(24)18-25(23)16-20(2)3/h9-10,15,17-18,20H,5,8,11-14,16,19H2,1-4,6-7H3/b26-21+. The van der Waals surface area contributed by atoms with Crippen LogP contribution in [-0.2, 0) is 28.8 Å². The molecule has 2 aliphatic rings. The number of carbonyl (C=O) groups is 1. The molecular formula is C30H40N2O2S. The predicted molar refractivity (Wildman–Crippen MR) is 148 cm³/mol. The van der Waals surface area contributed by atoms with Gasteiger partial charge in [0.05, 0.1) is 29.3 Å². The lowest BCUT2D eigenvalue weighted by Crippen LogP contribution is -2.56. The monoisotopic (exact) mass is 492 g/mol. The molecule has 2 aromatic rings. The average Bonchev–Trinajstić information content (AvgIpc) is 3.36. The topological polar surface area (TPSA) is 32.8 Å². The van der Waals surface area contributed by atoms with E-state index in [1.807, 2.05) is 11.8 Å². The molecule has 0 bridgehead atoms. The van der Waals surface area contributed by atoms with Crippen LogP contribution in [-0.4, -0.2) is 36.1 Å². The lowest BCUT2D eigenvalue weighted by molar-refractivity contribution is -0.142. The highest BCUT2D eigenvalue weighted by molar-refractivity contribution is 7.11. The summed E-state index contributed by atoms with van der Waals surface area (Å²) in [6.45, 7) is 19.3. The molecule has 5 heteroatoms. The quantitative estimate of drug-likeness (QED) is 0.414. The molecule has 4 rings (SSSR count). The molecule has 0 radical (unpaired) electrons. The first-order valence-corrected chi connectivity index (χ1v) is 13.8. The van der Waals surface area contributed by atoms with E-state index in [0.29, 0.717) is 25.7 Å². The normalized spacial score (nSPS) is 19.1. The van der Waals surface area contributed by atoms with Crippen LogP contribution in [0.4, 0.5) is 5.69 Å². The maximum Gasteiger partial charge on any atom is 0.251 e. The third kappa shape index (κ3) is 5.12. The molecule has 0 N–H and O–H groups in total. The van der Waals surface area contributed by atoms with Gasteiger partial charge in [-0.25, -0.2) is 0 Å². The third-order valence-corrected chi connectivity index (χ3v) is 8.19. The molecule has 1 saturated heterocycles. The Morgan fingerprint density at radius 2 is 2.00 bits per heavy atom. The highest BCUT2D eigenvalue weighted by Gasteiger charge is 2.37. The van der Waals surface area contributed by atoms with Gasteiger partial charge < -0.3 is 14.5 Å². The number of hydrogen-bond donors (Lipinski definition) is 0. The number of nitrogens with zero attached hydrogens (tertiary/aromatic N) is 2. The van der Waals surface area contributed by atoms with Crippen molar-refractivity contribution in [1.29, 1.82) is 0 Å². The van der Waals surface area contributed by atoms with Crippen molar-refractivity contribution in [3.8, 4) is 0 Å². The van der Waals surface area contributed by atoms with Crippen LogP contribution in [0.15, 0.2) is 47.5 Å². The molecule has 0 spiro atoms. The summed E-state index contributed by atoms with van der Waals surface area (Å²) in [5.41, 5.74) is 7.90. The maximum atomic E-state index is 13.9. The molecule has 4 nitrogen and oxygen atoms in total. The SMILES string of the molecule is C=C(c1cccs1)N1/C(=C(\C)C(=O)N2CCOCC2(C)C)CCc2cc(CC)c(CC(C)C)cc21. The number of anilines is 1. The Morgan fingerprint density at radius 1 is 1.23 bits per heavy atom. The highest BCUT2D eigenvalue weighted by atomic mass is 32.1. The Balaban J connectivity index is 1.84. The summed E-state index contributed by atoms with van der Waals surface area (Å²) in [5, 5.41) is 2.09. The molecule has 1 fully saturated rings. The van der Waals surface area contributed by atoms with Gasteiger partial charge in [0.2, 0.25) is 0 Å². The van der Waals surface area contributed by atoms with E-state index >= 15 is 0 Å². The fraction of sp³-hybridized carbons (Fsp3) is 0.500. The third-order valence-electron chi connectivity index (χ3n) is 7.27. The van der Waals surface area contributed by atoms with Gasteiger partial charge in [-0.1, -0.05) is 39.5 Å². The van der Waals surface area contributed by atoms with Crippen molar-refractivity contribution in [2.45, 2.75) is 72.8 Å². The number of fused-ring (bicyclic) bond motifs is 1. The van der Waals surface area contributed by atoms with Crippen LogP contribution in [0.2, 0.25) is 0 Å². The zero-order valence-corrected chi connectivity index (χ0v) is 23.1. The van der Waals surface area contributed by atoms with Crippen molar-refractivity contribution in [1.82, 2.24) is 4.90 Å². The molecule has 0 atom stereocenters. The van der Waals surface area contributed by atoms with Gasteiger partial charge in [0.15, 0.2) is 0 Å². The first kappa shape index (κ1) is 25.7. The Hall–Kier alpha value is -2.37. The van der Waals surface area contributed by atoms with Crippen LogP contribution in [0.1, 0.15) is 69.5 Å². The van der Waals surface area contributed by atoms with E-state index in [1.165, 1.54) is 22.4 Å². The van der Waals surface area contributed by atoms with E-state index < -0.39 is 0 Å². The molecule has 0 aliphatic carbocycles. The largest absolute Gasteiger partial charge is 0.377 e. The second kappa shape index (κ2) is 10.3. The van der Waals surface area contributed by atoms with Crippen LogP contribution in [0, 0.1) is 5.92 Å². The minimum atomic E-state index is -0.320. The molecule has 35 heavy (non-hydrogen) atoms. The summed E-state index contributed by atoms with van der Waals surface area (Å²) in [7, 11) is 0. The minimum absolute atomic E-state index is 0.105. The molecule has 1 amide bonds. The number of aryl methyl sites for hydroxylation is 2. The van der Waals surface area contributed by atoms with Gasteiger partial charge in [-0.15, -0.1) is 11.3 Å². The van der Waals surface area contributed by atoms with E-state index in [-0.39, 0.29) is 11.4 Å². The number of rotatable bonds is 6. The van der Waals surface area contributed by atoms with Gasteiger partial charge in [-0.2, -0.15) is 0 Å². The van der Waals surface area contributed by atoms with Gasteiger partial charge in [-0.05, 0) is 86.6 Å². The Labute approximate surface area is 215 Å². The van der Waals surface area contributed by atoms with E-state index in [1.54, 1.807) is 11.3 Å². The van der Waals surface area contributed by atoms with Gasteiger partial charge in [-0.3, -0.25) is 4.79 Å². The van der Waals surface area contributed by atoms with Gasteiger partial charge in [0.25, 0.3) is 5.91 Å². The first-order valence-electron chi connectivity index (χ1n) is 12.9. The number of morpholine rings is 1. The molecule has 188 valence electrons. The predicted octanol–water partition coefficient (Wildman–Crippen LogP) is 6.84. The van der Waals surface area contributed by atoms with Crippen LogP contribution < -0.4 is 4.90 Å². The average molecular weight is 493 g/mol. The van der Waals surface area contributed by atoms with E-state index in [2.05, 4.69) is 75.7 Å². The van der Waals surface area contributed by atoms with Gasteiger partial charge in [0, 0.05) is 23.5 Å². The Kier molecular flexibility index (Phi) is 7.58. The van der Waals surface area contributed by atoms with Gasteiger partial charge in [0.1, 0.15) is 0 Å². The number of thiophene rings is 1. The minimum Gasteiger partial charge on any atom is -0.377 e. The fourth-order valence-electron chi connectivity index (χ4n) is 5.38. The zero-order valence-electron chi connectivity index (χ0n) is 22.2. The van der Waals surface area contributed by atoms with E-state index in [9.17, 15) is 4.79 Å². The van der Waals surface area contributed by atoms with Crippen LogP contribution in [0.25, 0.3) is 5.70 Å². The van der Waals surface area contributed by atoms with Crippen LogP contribution >= 0.6 is 11.3 Å². The van der Waals surface area contributed by atoms with Crippen LogP contribution in [0.5, 0.6) is 0 Å². The Morgan fingerprint density at radius 3 is 2.63 bits per heavy atom. The molecule has 0 unspecified atom stereocenters. The smallest absolute Gasteiger partial charge is 0.251 e. The van der Waals surface area contributed by atoms with Crippen molar-refractivity contribution in [3.05, 3.63) is 69.1 Å². The summed E-state index contributed by atoms with van der Waals surface area (Å²) in [6.07, 6.45) is 3.85. The summed E-state index contributed by atoms with van der Waals surface area (Å²) < 4.78 is 5.68. The Bertz CT molecular complexity index is 1130. The maximum absolute atomic E-state index is 13.9. The summed E-state index contributed by atoms with van der Waals surface area (Å²) in [6, 6.07) is 8.97. The number of allylic oxidation sites excluding steroid dienone is 1. The lowest BCUT2D eigenvalue weighted by Gasteiger charge is -2.43. The number of amides is 1. The van der Waals surface area contributed by atoms with Crippen molar-refractivity contribution in [2.24, 2.45) is 5.92 Å². The van der Waals surface area contributed by atoms with Gasteiger partial charge >= 0.3 is 0 Å². The lowest BCUT2D eigenvalue weighted by atomic mass is 9.88. The van der Waals surface area contributed by atoms with Crippen molar-refractivity contribution >= 4 is 28.6 Å². The summed E-state index contributed by atoms with van der Waals surface area (Å²) in [5.74, 6) is 0.686. The first-order chi connectivity index (χ1) is 16.6. The number of ether oxygens (including phenoxy) is 1. The molecule has 1 aromatic heterocycles. The van der Waals surface area contributed by atoms with E-state index in [4.69, 9.17) is 4.74 Å². The number of carbonyl (C=O) groups excluding carboxylic acids is 1. The van der Waals surface area contributed by atoms with E-state index in [0.717, 1.165) is 47.5 Å². The fourth-order valence-corrected chi connectivity index (χ4v) is 6.07. The molecular weight excluding hydrogens is 452 g/mol. The molecule has 2 aliphatic heterocycles. The molecule has 0 saturated carbocycles. The highest BCUT2D eigenvalue weighted by Crippen LogP contribution is 2.42. The zero-order chi connectivity index (χ0) is 25.3. The summed E-state index contributed by atoms with van der Waals surface area (Å²) in [4.78, 5) is 19.3. The number of benzene rings is 1. The van der Waals surface area contributed by atoms with Crippen LogP contribution in [0.3, 0.4) is 0 Å². The summed E-state index contributed by atoms with van der Waals surface area (Å²) >= 11 is 1.70. The second-order valence-electron chi connectivity index (χ2n) is 10.9. The molecule has 3 heterocycles. The number of hydrogen-bond acceptors (Lipinski definition) is 4. The molecule has 1 aromatic carbocycles. The van der Waals surface area contributed by atoms with Crippen molar-refractivity contribution in [2.75, 3.05) is 24.7 Å². The van der Waals surface area contributed by atoms with Crippen molar-refractivity contribution < 1.29 is 9.53 Å². The van der Waals surface area contributed by atoms with Crippen molar-refractivity contribution in [3.63, 3.8) is 0 Å².